The van der Waals surface area contributed by atoms with Crippen LogP contribution in [0.15, 0.2) is 43.7 Å². The number of aryl methyl sites for hydroxylation is 1. The predicted octanol–water partition coefficient (Wildman–Crippen LogP) is 5.92. The number of ether oxygens (including phenoxy) is 2. The third kappa shape index (κ3) is 4.72. The average Bonchev–Trinajstić information content (AvgIpc) is 2.40. The minimum atomic E-state index is -0.529. The molecular formula is C15H10Br3ClO3. The molecule has 0 saturated heterocycles. The van der Waals surface area contributed by atoms with E-state index < -0.39 is 5.97 Å². The fourth-order valence-corrected chi connectivity index (χ4v) is 3.98. The van der Waals surface area contributed by atoms with Gasteiger partial charge in [-0.05, 0) is 58.7 Å². The Bertz CT molecular complexity index is 696. The highest BCUT2D eigenvalue weighted by molar-refractivity contribution is 9.11. The van der Waals surface area contributed by atoms with Gasteiger partial charge in [-0.25, -0.2) is 4.79 Å². The van der Waals surface area contributed by atoms with E-state index in [0.717, 1.165) is 19.0 Å². The Hall–Kier alpha value is -0.560. The molecule has 22 heavy (non-hydrogen) atoms. The zero-order chi connectivity index (χ0) is 16.3. The molecule has 0 unspecified atom stereocenters. The third-order valence-corrected chi connectivity index (χ3v) is 4.48. The van der Waals surface area contributed by atoms with Crippen molar-refractivity contribution < 1.29 is 14.3 Å². The summed E-state index contributed by atoms with van der Waals surface area (Å²) in [5.74, 6) is 0.366. The smallest absolute Gasteiger partial charge is 0.349 e. The summed E-state index contributed by atoms with van der Waals surface area (Å²) < 4.78 is 13.2. The molecule has 2 rings (SSSR count). The summed E-state index contributed by atoms with van der Waals surface area (Å²) in [5.41, 5.74) is 0.899. The monoisotopic (exact) mass is 510 g/mol. The van der Waals surface area contributed by atoms with Crippen molar-refractivity contribution in [2.24, 2.45) is 0 Å². The molecule has 0 amide bonds. The quantitative estimate of drug-likeness (QED) is 0.376. The Morgan fingerprint density at radius 3 is 2.50 bits per heavy atom. The van der Waals surface area contributed by atoms with Gasteiger partial charge < -0.3 is 9.47 Å². The van der Waals surface area contributed by atoms with Crippen LogP contribution in [-0.4, -0.2) is 12.6 Å². The van der Waals surface area contributed by atoms with Gasteiger partial charge >= 0.3 is 5.97 Å². The summed E-state index contributed by atoms with van der Waals surface area (Å²) in [6.45, 7) is 1.68. The number of benzene rings is 2. The molecule has 116 valence electrons. The fraction of sp³-hybridized carbons (Fsp3) is 0.133. The second-order valence-corrected chi connectivity index (χ2v) is 7.46. The van der Waals surface area contributed by atoms with Crippen LogP contribution < -0.4 is 9.47 Å². The van der Waals surface area contributed by atoms with Gasteiger partial charge in [0, 0.05) is 8.95 Å². The van der Waals surface area contributed by atoms with E-state index in [4.69, 9.17) is 21.1 Å². The van der Waals surface area contributed by atoms with E-state index in [0.29, 0.717) is 16.5 Å². The zero-order valence-electron chi connectivity index (χ0n) is 11.3. The van der Waals surface area contributed by atoms with Crippen molar-refractivity contribution >= 4 is 65.4 Å². The molecule has 2 aromatic rings. The molecule has 2 aromatic carbocycles. The van der Waals surface area contributed by atoms with E-state index in [9.17, 15) is 4.79 Å². The molecule has 0 aliphatic heterocycles. The molecule has 0 spiro atoms. The van der Waals surface area contributed by atoms with Crippen molar-refractivity contribution in [3.05, 3.63) is 54.3 Å². The second kappa shape index (κ2) is 7.81. The van der Waals surface area contributed by atoms with Gasteiger partial charge in [-0.2, -0.15) is 0 Å². The first kappa shape index (κ1) is 17.8. The minimum Gasteiger partial charge on any atom is -0.480 e. The van der Waals surface area contributed by atoms with Gasteiger partial charge in [0.2, 0.25) is 0 Å². The van der Waals surface area contributed by atoms with Gasteiger partial charge in [-0.15, -0.1) is 0 Å². The first-order chi connectivity index (χ1) is 10.4. The highest BCUT2D eigenvalue weighted by atomic mass is 79.9. The predicted molar refractivity (Wildman–Crippen MR) is 96.9 cm³/mol. The van der Waals surface area contributed by atoms with E-state index in [1.807, 2.05) is 19.1 Å². The molecule has 0 fully saturated rings. The molecular weight excluding hydrogens is 503 g/mol. The Morgan fingerprint density at radius 1 is 1.14 bits per heavy atom. The van der Waals surface area contributed by atoms with E-state index in [1.165, 1.54) is 0 Å². The standard InChI is InChI=1S/C15H10Br3ClO3/c1-8-4-10(17)5-11(18)15(8)21-7-14(20)22-13-3-2-9(16)6-12(13)19/h2-6H,7H2,1H3. The lowest BCUT2D eigenvalue weighted by Crippen LogP contribution is -2.18. The van der Waals surface area contributed by atoms with Crippen molar-refractivity contribution in [3.8, 4) is 11.5 Å². The van der Waals surface area contributed by atoms with Crippen LogP contribution in [0, 0.1) is 6.92 Å². The van der Waals surface area contributed by atoms with Crippen molar-refractivity contribution in [1.82, 2.24) is 0 Å². The van der Waals surface area contributed by atoms with Gasteiger partial charge in [0.1, 0.15) is 11.5 Å². The number of carbonyl (C=O) groups is 1. The first-order valence-corrected chi connectivity index (χ1v) is 8.86. The molecule has 0 aliphatic carbocycles. The Labute approximate surface area is 158 Å². The normalized spacial score (nSPS) is 10.4. The van der Waals surface area contributed by atoms with Crippen LogP contribution in [-0.2, 0) is 4.79 Å². The van der Waals surface area contributed by atoms with Crippen LogP contribution in [0.25, 0.3) is 0 Å². The number of halogens is 4. The number of esters is 1. The van der Waals surface area contributed by atoms with Crippen LogP contribution in [0.2, 0.25) is 5.02 Å². The number of carbonyl (C=O) groups excluding carboxylic acids is 1. The average molecular weight is 513 g/mol. The van der Waals surface area contributed by atoms with E-state index in [-0.39, 0.29) is 6.61 Å². The topological polar surface area (TPSA) is 35.5 Å². The van der Waals surface area contributed by atoms with Crippen LogP contribution in [0.4, 0.5) is 0 Å². The SMILES string of the molecule is Cc1cc(Br)cc(Br)c1OCC(=O)Oc1ccc(Br)cc1Cl. The largest absolute Gasteiger partial charge is 0.480 e. The van der Waals surface area contributed by atoms with Crippen LogP contribution in [0.3, 0.4) is 0 Å². The Balaban J connectivity index is 2.02. The lowest BCUT2D eigenvalue weighted by atomic mass is 10.2. The van der Waals surface area contributed by atoms with Gasteiger partial charge in [0.25, 0.3) is 0 Å². The number of hydrogen-bond donors (Lipinski definition) is 0. The molecule has 3 nitrogen and oxygen atoms in total. The molecule has 0 radical (unpaired) electrons. The van der Waals surface area contributed by atoms with Crippen LogP contribution >= 0.6 is 59.4 Å². The van der Waals surface area contributed by atoms with Gasteiger partial charge in [-0.3, -0.25) is 0 Å². The third-order valence-electron chi connectivity index (χ3n) is 2.65. The summed E-state index contributed by atoms with van der Waals surface area (Å²) in [6.07, 6.45) is 0. The summed E-state index contributed by atoms with van der Waals surface area (Å²) in [6, 6.07) is 8.76. The van der Waals surface area contributed by atoms with Gasteiger partial charge in [-0.1, -0.05) is 43.5 Å². The lowest BCUT2D eigenvalue weighted by molar-refractivity contribution is -0.136. The first-order valence-electron chi connectivity index (χ1n) is 6.11. The van der Waals surface area contributed by atoms with E-state index in [1.54, 1.807) is 18.2 Å². The van der Waals surface area contributed by atoms with E-state index in [2.05, 4.69) is 47.8 Å². The minimum absolute atomic E-state index is 0.215. The summed E-state index contributed by atoms with van der Waals surface area (Å²) in [5, 5.41) is 0.351. The van der Waals surface area contributed by atoms with Crippen LogP contribution in [0.1, 0.15) is 5.56 Å². The van der Waals surface area contributed by atoms with Crippen molar-refractivity contribution in [2.45, 2.75) is 6.92 Å². The van der Waals surface area contributed by atoms with Crippen LogP contribution in [0.5, 0.6) is 11.5 Å². The Morgan fingerprint density at radius 2 is 1.86 bits per heavy atom. The zero-order valence-corrected chi connectivity index (χ0v) is 16.8. The number of hydrogen-bond acceptors (Lipinski definition) is 3. The highest BCUT2D eigenvalue weighted by Crippen LogP contribution is 2.32. The summed E-state index contributed by atoms with van der Waals surface area (Å²) in [7, 11) is 0. The Kier molecular flexibility index (Phi) is 6.32. The summed E-state index contributed by atoms with van der Waals surface area (Å²) in [4.78, 5) is 11.9. The summed E-state index contributed by atoms with van der Waals surface area (Å²) >= 11 is 16.1. The molecule has 0 atom stereocenters. The highest BCUT2D eigenvalue weighted by Gasteiger charge is 2.12. The maximum Gasteiger partial charge on any atom is 0.349 e. The maximum atomic E-state index is 11.9. The van der Waals surface area contributed by atoms with Crippen molar-refractivity contribution in [1.29, 1.82) is 0 Å². The number of rotatable bonds is 4. The van der Waals surface area contributed by atoms with E-state index >= 15 is 0 Å². The molecule has 0 aliphatic rings. The van der Waals surface area contributed by atoms with Gasteiger partial charge in [0.15, 0.2) is 6.61 Å². The second-order valence-electron chi connectivity index (χ2n) is 4.37. The maximum absolute atomic E-state index is 11.9. The lowest BCUT2D eigenvalue weighted by Gasteiger charge is -2.12. The molecule has 7 heteroatoms. The van der Waals surface area contributed by atoms with Crippen molar-refractivity contribution in [2.75, 3.05) is 6.61 Å². The van der Waals surface area contributed by atoms with Crippen molar-refractivity contribution in [3.63, 3.8) is 0 Å². The fourth-order valence-electron chi connectivity index (χ4n) is 1.71. The molecule has 0 heterocycles. The molecule has 0 aromatic heterocycles. The van der Waals surface area contributed by atoms with Gasteiger partial charge in [0.05, 0.1) is 9.50 Å². The molecule has 0 N–H and O–H groups in total. The molecule has 0 saturated carbocycles. The molecule has 0 bridgehead atoms.